The number of hydrogen-bond acceptors (Lipinski definition) is 6. The quantitative estimate of drug-likeness (QED) is 0.137. The van der Waals surface area contributed by atoms with E-state index in [1.54, 1.807) is 14.2 Å². The number of rotatable bonds is 4. The molecule has 0 aliphatic carbocycles. The third-order valence-electron chi connectivity index (χ3n) is 10.5. The van der Waals surface area contributed by atoms with Crippen LogP contribution in [0.1, 0.15) is 26.3 Å². The number of fused-ring (bicyclic) bond motifs is 8. The van der Waals surface area contributed by atoms with Crippen LogP contribution in [0.4, 0.5) is 0 Å². The maximum Gasteiger partial charge on any atom is 0.118 e. The van der Waals surface area contributed by atoms with Gasteiger partial charge in [-0.25, -0.2) is 19.9 Å². The average Bonchev–Trinajstić information content (AvgIpc) is 3.18. The highest BCUT2D eigenvalue weighted by Gasteiger charge is 2.28. The standard InChI is InChI=1S/C46H34N4O2/c1-46(2,3)27-22-32-38-33(23-27)43-45(50-37-13-9-7-11-35(37)48-43)40-31(26-16-20-29(52-5)21-17-26)24-30(25-14-18-28(51-4)19-15-25)39(41(38)40)44-42(32)47-34-10-6-8-12-36(34)49-44/h6-24H,1-5H3. The average molecular weight is 675 g/mol. The molecule has 0 amide bonds. The highest BCUT2D eigenvalue weighted by molar-refractivity contribution is 6.42. The molecule has 0 N–H and O–H groups in total. The van der Waals surface area contributed by atoms with Crippen LogP contribution in [-0.4, -0.2) is 34.2 Å². The molecule has 10 aromatic rings. The number of methoxy groups -OCH3 is 2. The topological polar surface area (TPSA) is 70.0 Å². The summed E-state index contributed by atoms with van der Waals surface area (Å²) in [6, 6.07) is 39.9. The van der Waals surface area contributed by atoms with Gasteiger partial charge in [0.05, 0.1) is 58.4 Å². The number of ether oxygens (including phenoxy) is 2. The van der Waals surface area contributed by atoms with Gasteiger partial charge < -0.3 is 9.47 Å². The number of aromatic nitrogens is 4. The second kappa shape index (κ2) is 11.0. The molecule has 0 aliphatic rings. The Labute approximate surface area is 300 Å². The Hall–Kier alpha value is -6.40. The molecule has 6 heteroatoms. The van der Waals surface area contributed by atoms with Gasteiger partial charge in [0.2, 0.25) is 0 Å². The largest absolute Gasteiger partial charge is 0.497 e. The van der Waals surface area contributed by atoms with Crippen molar-refractivity contribution in [2.24, 2.45) is 0 Å². The molecule has 0 bridgehead atoms. The summed E-state index contributed by atoms with van der Waals surface area (Å²) in [5.41, 5.74) is 12.2. The molecule has 0 aliphatic heterocycles. The molecule has 2 heterocycles. The summed E-state index contributed by atoms with van der Waals surface area (Å²) in [7, 11) is 3.39. The van der Waals surface area contributed by atoms with Gasteiger partial charge in [-0.15, -0.1) is 0 Å². The fourth-order valence-corrected chi connectivity index (χ4v) is 7.86. The zero-order valence-corrected chi connectivity index (χ0v) is 29.6. The summed E-state index contributed by atoms with van der Waals surface area (Å²) in [5.74, 6) is 1.60. The minimum Gasteiger partial charge on any atom is -0.497 e. The van der Waals surface area contributed by atoms with E-state index in [9.17, 15) is 0 Å². The molecule has 0 unspecified atom stereocenters. The fourth-order valence-electron chi connectivity index (χ4n) is 7.86. The molecule has 0 fully saturated rings. The van der Waals surface area contributed by atoms with Crippen LogP contribution in [0.25, 0.3) is 98.7 Å². The monoisotopic (exact) mass is 674 g/mol. The molecule has 0 atom stereocenters. The van der Waals surface area contributed by atoms with Crippen molar-refractivity contribution in [1.29, 1.82) is 0 Å². The molecule has 6 nitrogen and oxygen atoms in total. The Morgan fingerprint density at radius 1 is 0.423 bits per heavy atom. The molecule has 0 saturated carbocycles. The van der Waals surface area contributed by atoms with E-state index < -0.39 is 0 Å². The summed E-state index contributed by atoms with van der Waals surface area (Å²) in [6.45, 7) is 6.78. The maximum absolute atomic E-state index is 5.59. The molecule has 8 aromatic carbocycles. The Bertz CT molecular complexity index is 2860. The second-order valence-electron chi connectivity index (χ2n) is 14.6. The number of nitrogens with zero attached hydrogens (tertiary/aromatic N) is 4. The first kappa shape index (κ1) is 30.4. The van der Waals surface area contributed by atoms with E-state index in [1.165, 1.54) is 5.56 Å². The Kier molecular flexibility index (Phi) is 6.46. The van der Waals surface area contributed by atoms with Crippen LogP contribution >= 0.6 is 0 Å². The number of para-hydroxylation sites is 4. The zero-order valence-electron chi connectivity index (χ0n) is 29.6. The summed E-state index contributed by atoms with van der Waals surface area (Å²) in [6.07, 6.45) is 0. The van der Waals surface area contributed by atoms with Crippen molar-refractivity contribution in [3.05, 3.63) is 121 Å². The highest BCUT2D eigenvalue weighted by Crippen LogP contribution is 2.51. The van der Waals surface area contributed by atoms with E-state index >= 15 is 0 Å². The van der Waals surface area contributed by atoms with Gasteiger partial charge in [-0.3, -0.25) is 0 Å². The minimum atomic E-state index is -0.139. The lowest BCUT2D eigenvalue weighted by Crippen LogP contribution is -2.11. The lowest BCUT2D eigenvalue weighted by molar-refractivity contribution is 0.415. The fraction of sp³-hybridized carbons (Fsp3) is 0.130. The van der Waals surface area contributed by atoms with Crippen molar-refractivity contribution in [2.75, 3.05) is 14.2 Å². The molecule has 52 heavy (non-hydrogen) atoms. The Balaban J connectivity index is 1.55. The van der Waals surface area contributed by atoms with Gasteiger partial charge in [0.1, 0.15) is 11.5 Å². The van der Waals surface area contributed by atoms with Crippen LogP contribution in [0.2, 0.25) is 0 Å². The van der Waals surface area contributed by atoms with Gasteiger partial charge in [-0.2, -0.15) is 0 Å². The van der Waals surface area contributed by atoms with E-state index in [0.29, 0.717) is 0 Å². The van der Waals surface area contributed by atoms with Crippen LogP contribution in [0, 0.1) is 0 Å². The van der Waals surface area contributed by atoms with Crippen molar-refractivity contribution >= 4 is 76.5 Å². The summed E-state index contributed by atoms with van der Waals surface area (Å²) in [5, 5.41) is 6.46. The van der Waals surface area contributed by atoms with Gasteiger partial charge in [-0.1, -0.05) is 69.3 Å². The van der Waals surface area contributed by atoms with Gasteiger partial charge >= 0.3 is 0 Å². The molecule has 2 aromatic heterocycles. The third kappa shape index (κ3) is 4.43. The van der Waals surface area contributed by atoms with E-state index in [-0.39, 0.29) is 5.41 Å². The number of benzene rings is 8. The molecule has 0 radical (unpaired) electrons. The molecular formula is C46H34N4O2. The molecule has 0 saturated heterocycles. The van der Waals surface area contributed by atoms with Crippen molar-refractivity contribution in [1.82, 2.24) is 19.9 Å². The van der Waals surface area contributed by atoms with E-state index in [0.717, 1.165) is 110 Å². The van der Waals surface area contributed by atoms with Crippen LogP contribution in [-0.2, 0) is 5.41 Å². The first-order chi connectivity index (χ1) is 25.3. The molecule has 250 valence electrons. The van der Waals surface area contributed by atoms with Crippen molar-refractivity contribution < 1.29 is 9.47 Å². The van der Waals surface area contributed by atoms with Gasteiger partial charge in [0.15, 0.2) is 0 Å². The Morgan fingerprint density at radius 2 is 0.808 bits per heavy atom. The van der Waals surface area contributed by atoms with E-state index in [4.69, 9.17) is 29.4 Å². The first-order valence-corrected chi connectivity index (χ1v) is 17.5. The van der Waals surface area contributed by atoms with Crippen LogP contribution in [0.3, 0.4) is 0 Å². The lowest BCUT2D eigenvalue weighted by Gasteiger charge is -2.25. The summed E-state index contributed by atoms with van der Waals surface area (Å²) >= 11 is 0. The molecule has 10 rings (SSSR count). The van der Waals surface area contributed by atoms with Crippen LogP contribution < -0.4 is 9.47 Å². The first-order valence-electron chi connectivity index (χ1n) is 17.5. The lowest BCUT2D eigenvalue weighted by atomic mass is 9.80. The third-order valence-corrected chi connectivity index (χ3v) is 10.5. The van der Waals surface area contributed by atoms with Gasteiger partial charge in [0, 0.05) is 32.3 Å². The van der Waals surface area contributed by atoms with Crippen LogP contribution in [0.15, 0.2) is 115 Å². The maximum atomic E-state index is 5.59. The van der Waals surface area contributed by atoms with Crippen molar-refractivity contribution in [2.45, 2.75) is 26.2 Å². The minimum absolute atomic E-state index is 0.139. The van der Waals surface area contributed by atoms with Gasteiger partial charge in [-0.05, 0) is 100.0 Å². The Morgan fingerprint density at radius 3 is 1.17 bits per heavy atom. The normalized spacial score (nSPS) is 12.3. The summed E-state index contributed by atoms with van der Waals surface area (Å²) in [4.78, 5) is 21.7. The highest BCUT2D eigenvalue weighted by atomic mass is 16.5. The predicted molar refractivity (Wildman–Crippen MR) is 214 cm³/mol. The number of hydrogen-bond donors (Lipinski definition) is 0. The van der Waals surface area contributed by atoms with Crippen LogP contribution in [0.5, 0.6) is 11.5 Å². The summed E-state index contributed by atoms with van der Waals surface area (Å²) < 4.78 is 11.2. The van der Waals surface area contributed by atoms with E-state index in [1.807, 2.05) is 72.8 Å². The second-order valence-corrected chi connectivity index (χ2v) is 14.6. The van der Waals surface area contributed by atoms with Gasteiger partial charge in [0.25, 0.3) is 0 Å². The smallest absolute Gasteiger partial charge is 0.118 e. The zero-order chi connectivity index (χ0) is 35.3. The van der Waals surface area contributed by atoms with Crippen molar-refractivity contribution in [3.8, 4) is 33.8 Å². The predicted octanol–water partition coefficient (Wildman–Crippen LogP) is 11.4. The molecular weight excluding hydrogens is 641 g/mol. The molecule has 0 spiro atoms. The SMILES string of the molecule is COc1ccc(-c2cc(-c3ccc(OC)cc3)c3c4nc5ccccc5nc4c4cc(C(C)(C)C)cc5c6nc7ccccc7nc6c2c3c54)cc1. The van der Waals surface area contributed by atoms with Crippen molar-refractivity contribution in [3.63, 3.8) is 0 Å². The van der Waals surface area contributed by atoms with E-state index in [2.05, 4.69) is 63.2 Å².